The van der Waals surface area contributed by atoms with Gasteiger partial charge in [0.15, 0.2) is 5.69 Å². The van der Waals surface area contributed by atoms with Crippen molar-refractivity contribution >= 4 is 17.5 Å². The number of nitrogens with zero attached hydrogens (tertiary/aromatic N) is 3. The third-order valence-electron chi connectivity index (χ3n) is 4.82. The van der Waals surface area contributed by atoms with Crippen LogP contribution in [0, 0.1) is 5.82 Å². The quantitative estimate of drug-likeness (QED) is 0.721. The summed E-state index contributed by atoms with van der Waals surface area (Å²) in [5, 5.41) is 13.0. The molecule has 1 aliphatic rings. The van der Waals surface area contributed by atoms with Crippen molar-refractivity contribution in [2.75, 3.05) is 18.4 Å². The Morgan fingerprint density at radius 2 is 2.00 bits per heavy atom. The Kier molecular flexibility index (Phi) is 4.88. The standard InChI is InChI=1S/C19H18FN5O3/c20-13-3-1-2-4-14(13)22-18(26)16-11-15(23-24-16)12-6-9-25(10-7-12)19(27)17-5-8-21-28-17/h1-5,8,11-12H,6-7,9-10H2,(H,22,26)(H,23,24). The first kappa shape index (κ1) is 17.9. The molecule has 3 aromatic rings. The summed E-state index contributed by atoms with van der Waals surface area (Å²) in [4.78, 5) is 26.3. The zero-order valence-corrected chi connectivity index (χ0v) is 14.9. The van der Waals surface area contributed by atoms with Crippen molar-refractivity contribution in [3.8, 4) is 0 Å². The van der Waals surface area contributed by atoms with E-state index in [1.165, 1.54) is 18.3 Å². The summed E-state index contributed by atoms with van der Waals surface area (Å²) in [6.07, 6.45) is 2.91. The van der Waals surface area contributed by atoms with Gasteiger partial charge >= 0.3 is 0 Å². The Balaban J connectivity index is 1.37. The Morgan fingerprint density at radius 3 is 2.71 bits per heavy atom. The van der Waals surface area contributed by atoms with Crippen molar-refractivity contribution in [3.05, 3.63) is 65.6 Å². The molecule has 2 aromatic heterocycles. The number of para-hydroxylation sites is 1. The maximum absolute atomic E-state index is 13.7. The highest BCUT2D eigenvalue weighted by Crippen LogP contribution is 2.28. The van der Waals surface area contributed by atoms with Gasteiger partial charge in [0.2, 0.25) is 5.76 Å². The number of piperidine rings is 1. The SMILES string of the molecule is O=C(Nc1ccccc1F)c1cc(C2CCN(C(=O)c3ccno3)CC2)[nH]n1. The van der Waals surface area contributed by atoms with E-state index >= 15 is 0 Å². The Hall–Kier alpha value is -3.49. The Bertz CT molecular complexity index is 977. The number of likely N-dealkylation sites (tertiary alicyclic amines) is 1. The molecule has 2 N–H and O–H groups in total. The minimum Gasteiger partial charge on any atom is -0.351 e. The van der Waals surface area contributed by atoms with E-state index in [-0.39, 0.29) is 29.0 Å². The molecule has 0 bridgehead atoms. The predicted octanol–water partition coefficient (Wildman–Crippen LogP) is 2.81. The fraction of sp³-hybridized carbons (Fsp3) is 0.263. The minimum absolute atomic E-state index is 0.108. The lowest BCUT2D eigenvalue weighted by molar-refractivity contribution is 0.0670. The molecule has 1 saturated heterocycles. The van der Waals surface area contributed by atoms with Crippen molar-refractivity contribution in [1.29, 1.82) is 0 Å². The van der Waals surface area contributed by atoms with Crippen molar-refractivity contribution in [3.63, 3.8) is 0 Å². The number of benzene rings is 1. The smallest absolute Gasteiger partial charge is 0.292 e. The number of amides is 2. The van der Waals surface area contributed by atoms with Crippen LogP contribution in [0.1, 0.15) is 45.5 Å². The maximum atomic E-state index is 13.7. The lowest BCUT2D eigenvalue weighted by atomic mass is 9.93. The largest absolute Gasteiger partial charge is 0.351 e. The second kappa shape index (κ2) is 7.63. The maximum Gasteiger partial charge on any atom is 0.292 e. The molecule has 3 heterocycles. The van der Waals surface area contributed by atoms with Crippen molar-refractivity contribution in [2.45, 2.75) is 18.8 Å². The summed E-state index contributed by atoms with van der Waals surface area (Å²) in [5.74, 6) is -0.778. The number of rotatable bonds is 4. The monoisotopic (exact) mass is 383 g/mol. The summed E-state index contributed by atoms with van der Waals surface area (Å²) < 4.78 is 18.6. The van der Waals surface area contributed by atoms with Crippen LogP contribution in [0.3, 0.4) is 0 Å². The molecule has 0 unspecified atom stereocenters. The molecule has 4 rings (SSSR count). The summed E-state index contributed by atoms with van der Waals surface area (Å²) in [6.45, 7) is 1.14. The van der Waals surface area contributed by atoms with Crippen LogP contribution in [0.15, 0.2) is 47.1 Å². The van der Waals surface area contributed by atoms with Crippen molar-refractivity contribution in [2.24, 2.45) is 0 Å². The third-order valence-corrected chi connectivity index (χ3v) is 4.82. The van der Waals surface area contributed by atoms with E-state index in [9.17, 15) is 14.0 Å². The number of aromatic nitrogens is 3. The van der Waals surface area contributed by atoms with Crippen LogP contribution in [0.5, 0.6) is 0 Å². The van der Waals surface area contributed by atoms with Crippen LogP contribution in [-0.2, 0) is 0 Å². The molecule has 28 heavy (non-hydrogen) atoms. The molecule has 144 valence electrons. The van der Waals surface area contributed by atoms with Crippen LogP contribution in [0.2, 0.25) is 0 Å². The summed E-state index contributed by atoms with van der Waals surface area (Å²) in [7, 11) is 0. The molecule has 0 saturated carbocycles. The topological polar surface area (TPSA) is 104 Å². The predicted molar refractivity (Wildman–Crippen MR) is 97.3 cm³/mol. The molecular formula is C19H18FN5O3. The molecule has 1 aromatic carbocycles. The highest BCUT2D eigenvalue weighted by atomic mass is 19.1. The van der Waals surface area contributed by atoms with Crippen molar-refractivity contribution in [1.82, 2.24) is 20.3 Å². The van der Waals surface area contributed by atoms with Gasteiger partial charge in [0.05, 0.1) is 11.9 Å². The third kappa shape index (κ3) is 3.64. The number of aromatic amines is 1. The molecule has 2 amide bonds. The average Bonchev–Trinajstić information content (AvgIpc) is 3.42. The Morgan fingerprint density at radius 1 is 1.21 bits per heavy atom. The zero-order valence-electron chi connectivity index (χ0n) is 14.9. The first-order chi connectivity index (χ1) is 13.6. The van der Waals surface area contributed by atoms with E-state index in [1.54, 1.807) is 29.2 Å². The molecule has 0 aliphatic carbocycles. The van der Waals surface area contributed by atoms with Gasteiger partial charge in [-0.2, -0.15) is 5.10 Å². The van der Waals surface area contributed by atoms with Crippen LogP contribution in [-0.4, -0.2) is 45.2 Å². The number of H-pyrrole nitrogens is 1. The van der Waals surface area contributed by atoms with Gasteiger partial charge in [0, 0.05) is 30.8 Å². The molecular weight excluding hydrogens is 365 g/mol. The van der Waals surface area contributed by atoms with Crippen LogP contribution >= 0.6 is 0 Å². The first-order valence-corrected chi connectivity index (χ1v) is 8.93. The summed E-state index contributed by atoms with van der Waals surface area (Å²) in [6, 6.07) is 9.18. The van der Waals surface area contributed by atoms with Gasteiger partial charge < -0.3 is 14.7 Å². The van der Waals surface area contributed by atoms with E-state index in [2.05, 4.69) is 20.7 Å². The number of nitrogens with one attached hydrogen (secondary N) is 2. The van der Waals surface area contributed by atoms with E-state index < -0.39 is 11.7 Å². The van der Waals surface area contributed by atoms with E-state index in [0.717, 1.165) is 18.5 Å². The van der Waals surface area contributed by atoms with Gasteiger partial charge in [-0.3, -0.25) is 14.7 Å². The summed E-state index contributed by atoms with van der Waals surface area (Å²) in [5.41, 5.74) is 1.13. The van der Waals surface area contributed by atoms with Crippen LogP contribution < -0.4 is 5.32 Å². The van der Waals surface area contributed by atoms with E-state index in [1.807, 2.05) is 0 Å². The molecule has 9 heteroatoms. The van der Waals surface area contributed by atoms with E-state index in [4.69, 9.17) is 4.52 Å². The molecule has 8 nitrogen and oxygen atoms in total. The molecule has 0 spiro atoms. The van der Waals surface area contributed by atoms with Crippen molar-refractivity contribution < 1.29 is 18.5 Å². The van der Waals surface area contributed by atoms with Gasteiger partial charge in [-0.05, 0) is 31.0 Å². The van der Waals surface area contributed by atoms with Crippen LogP contribution in [0.4, 0.5) is 10.1 Å². The van der Waals surface area contributed by atoms with Gasteiger partial charge in [0.25, 0.3) is 11.8 Å². The highest BCUT2D eigenvalue weighted by molar-refractivity contribution is 6.03. The zero-order chi connectivity index (χ0) is 19.5. The minimum atomic E-state index is -0.504. The lowest BCUT2D eigenvalue weighted by Crippen LogP contribution is -2.37. The average molecular weight is 383 g/mol. The molecule has 0 atom stereocenters. The van der Waals surface area contributed by atoms with Gasteiger partial charge in [-0.15, -0.1) is 0 Å². The number of anilines is 1. The summed E-state index contributed by atoms with van der Waals surface area (Å²) >= 11 is 0. The van der Waals surface area contributed by atoms with E-state index in [0.29, 0.717) is 13.1 Å². The number of carbonyl (C=O) groups is 2. The fourth-order valence-electron chi connectivity index (χ4n) is 3.29. The number of hydrogen-bond donors (Lipinski definition) is 2. The van der Waals surface area contributed by atoms with Crippen LogP contribution in [0.25, 0.3) is 0 Å². The molecule has 1 aliphatic heterocycles. The second-order valence-electron chi connectivity index (χ2n) is 6.59. The molecule has 0 radical (unpaired) electrons. The fourth-order valence-corrected chi connectivity index (χ4v) is 3.29. The molecule has 1 fully saturated rings. The Labute approximate surface area is 159 Å². The first-order valence-electron chi connectivity index (χ1n) is 8.93. The number of hydrogen-bond acceptors (Lipinski definition) is 5. The number of halogens is 1. The lowest BCUT2D eigenvalue weighted by Gasteiger charge is -2.30. The van der Waals surface area contributed by atoms with Gasteiger partial charge in [-0.1, -0.05) is 17.3 Å². The van der Waals surface area contributed by atoms with Gasteiger partial charge in [-0.25, -0.2) is 4.39 Å². The highest BCUT2D eigenvalue weighted by Gasteiger charge is 2.27. The normalized spacial score (nSPS) is 14.8. The van der Waals surface area contributed by atoms with Gasteiger partial charge in [0.1, 0.15) is 5.82 Å². The number of carbonyl (C=O) groups excluding carboxylic acids is 2. The second-order valence-corrected chi connectivity index (χ2v) is 6.59.